The van der Waals surface area contributed by atoms with Gasteiger partial charge in [-0.1, -0.05) is 23.8 Å². The third kappa shape index (κ3) is 7.22. The summed E-state index contributed by atoms with van der Waals surface area (Å²) >= 11 is 10.7. The minimum absolute atomic E-state index is 0.0464. The van der Waals surface area contributed by atoms with E-state index in [0.29, 0.717) is 6.42 Å². The van der Waals surface area contributed by atoms with Crippen molar-refractivity contribution in [3.63, 3.8) is 0 Å². The molecule has 0 amide bonds. The van der Waals surface area contributed by atoms with Crippen molar-refractivity contribution in [3.8, 4) is 0 Å². The number of H-pyrrole nitrogens is 1. The van der Waals surface area contributed by atoms with E-state index in [2.05, 4.69) is 18.1 Å². The van der Waals surface area contributed by atoms with Crippen LogP contribution in [0, 0.1) is 4.64 Å². The lowest BCUT2D eigenvalue weighted by atomic mass is 10.2. The molecule has 19 heteroatoms. The highest BCUT2D eigenvalue weighted by molar-refractivity contribution is 7.71. The smallest absolute Gasteiger partial charge is 0.352 e. The average molecular weight is 503 g/mol. The van der Waals surface area contributed by atoms with Crippen LogP contribution in [0.15, 0.2) is 11.0 Å². The van der Waals surface area contributed by atoms with Gasteiger partial charge in [-0.3, -0.25) is 14.1 Å². The minimum atomic E-state index is -5.59. The Hall–Kier alpha value is -0.240. The van der Waals surface area contributed by atoms with Crippen LogP contribution in [0.3, 0.4) is 0 Å². The zero-order chi connectivity index (χ0) is 21.3. The predicted molar refractivity (Wildman–Crippen MR) is 93.9 cm³/mol. The van der Waals surface area contributed by atoms with Crippen LogP contribution in [0.25, 0.3) is 0 Å². The summed E-state index contributed by atoms with van der Waals surface area (Å²) in [6.45, 7) is -0.606. The first-order chi connectivity index (χ1) is 12.7. The van der Waals surface area contributed by atoms with Crippen LogP contribution >= 0.6 is 47.3 Å². The molecule has 0 radical (unpaired) electrons. The number of phosphoric ester groups is 1. The fourth-order valence-corrected chi connectivity index (χ4v) is 5.51. The van der Waals surface area contributed by atoms with Crippen LogP contribution in [0.1, 0.15) is 19.1 Å². The molecule has 160 valence electrons. The van der Waals surface area contributed by atoms with Gasteiger partial charge in [0, 0.05) is 6.20 Å². The number of phosphoric acid groups is 3. The predicted octanol–water partition coefficient (Wildman–Crippen LogP) is 1.58. The summed E-state index contributed by atoms with van der Waals surface area (Å²) in [5, 5.41) is 0.106. The highest BCUT2D eigenvalue weighted by Gasteiger charge is 2.41. The molecule has 0 saturated carbocycles. The van der Waals surface area contributed by atoms with Gasteiger partial charge in [-0.05, 0) is 12.8 Å². The summed E-state index contributed by atoms with van der Waals surface area (Å²) in [5.41, 5.74) is -0.590. The molecule has 1 aliphatic rings. The number of aromatic amines is 1. The maximum Gasteiger partial charge on any atom is 0.490 e. The molecular weight excluding hydrogens is 489 g/mol. The van der Waals surface area contributed by atoms with E-state index in [4.69, 9.17) is 43.2 Å². The second-order valence-corrected chi connectivity index (χ2v) is 10.6. The molecule has 0 spiro atoms. The van der Waals surface area contributed by atoms with Crippen molar-refractivity contribution in [2.45, 2.75) is 25.2 Å². The lowest BCUT2D eigenvalue weighted by molar-refractivity contribution is -0.0243. The summed E-state index contributed by atoms with van der Waals surface area (Å²) in [5.74, 6) is 0. The quantitative estimate of drug-likeness (QED) is 0.253. The second kappa shape index (κ2) is 8.86. The molecule has 28 heavy (non-hydrogen) atoms. The molecule has 4 atom stereocenters. The lowest BCUT2D eigenvalue weighted by Gasteiger charge is -2.19. The van der Waals surface area contributed by atoms with Crippen LogP contribution in [0.4, 0.5) is 0 Å². The van der Waals surface area contributed by atoms with Crippen molar-refractivity contribution in [1.29, 1.82) is 0 Å². The van der Waals surface area contributed by atoms with Gasteiger partial charge in [0.05, 0.1) is 17.7 Å². The minimum Gasteiger partial charge on any atom is -0.352 e. The van der Waals surface area contributed by atoms with Crippen LogP contribution in [0.2, 0.25) is 5.02 Å². The fraction of sp³-hybridized carbons (Fsp3) is 0.556. The molecule has 5 N–H and O–H groups in total. The van der Waals surface area contributed by atoms with E-state index in [-0.39, 0.29) is 16.1 Å². The van der Waals surface area contributed by atoms with Gasteiger partial charge in [-0.15, -0.1) is 0 Å². The molecule has 1 aliphatic heterocycles. The van der Waals surface area contributed by atoms with E-state index in [0.717, 1.165) is 4.57 Å². The van der Waals surface area contributed by atoms with Gasteiger partial charge in [0.15, 0.2) is 0 Å². The number of nitrogens with one attached hydrogen (secondary N) is 1. The zero-order valence-electron chi connectivity index (χ0n) is 13.5. The molecule has 2 unspecified atom stereocenters. The number of aromatic nitrogens is 2. The highest BCUT2D eigenvalue weighted by Crippen LogP contribution is 2.66. The fourth-order valence-electron chi connectivity index (χ4n) is 2.17. The summed E-state index contributed by atoms with van der Waals surface area (Å²) in [7, 11) is -16.3. The maximum absolute atomic E-state index is 11.9. The highest BCUT2D eigenvalue weighted by atomic mass is 35.5. The molecule has 1 saturated heterocycles. The molecule has 1 aromatic heterocycles. The van der Waals surface area contributed by atoms with Crippen molar-refractivity contribution < 1.29 is 51.2 Å². The van der Waals surface area contributed by atoms with Gasteiger partial charge in [-0.25, -0.2) is 18.5 Å². The summed E-state index contributed by atoms with van der Waals surface area (Å²) in [6, 6.07) is 0. The third-order valence-electron chi connectivity index (χ3n) is 3.16. The normalized spacial score (nSPS) is 24.6. The van der Waals surface area contributed by atoms with Gasteiger partial charge < -0.3 is 24.3 Å². The second-order valence-electron chi connectivity index (χ2n) is 5.32. The molecule has 0 aliphatic carbocycles. The SMILES string of the molecule is O=c1[nH]c(=S)c(Cl)cn1[C@H]1CC[C@@H](COP(=O)(O)OP(=O)(O)OP(=O)(O)O)O1. The Morgan fingerprint density at radius 2 is 1.86 bits per heavy atom. The maximum atomic E-state index is 11.9. The van der Waals surface area contributed by atoms with Crippen molar-refractivity contribution in [1.82, 2.24) is 9.55 Å². The molecule has 1 fully saturated rings. The Balaban J connectivity index is 1.95. The molecular formula is C9H14ClN2O12P3S. The standard InChI is InChI=1S/C9H14ClN2O12P3S/c10-6-3-12(9(13)11-8(6)28)7-2-1-5(22-7)4-21-26(17,18)24-27(19,20)23-25(14,15)16/h3,5,7H,1-2,4H2,(H,17,18)(H,19,20)(H,11,13,28)(H2,14,15,16)/t5-,7+/m0/s1. The Morgan fingerprint density at radius 1 is 1.21 bits per heavy atom. The largest absolute Gasteiger partial charge is 0.490 e. The molecule has 14 nitrogen and oxygen atoms in total. The molecule has 1 aromatic rings. The van der Waals surface area contributed by atoms with Crippen molar-refractivity contribution in [2.75, 3.05) is 6.61 Å². The molecule has 0 aromatic carbocycles. The van der Waals surface area contributed by atoms with Crippen molar-refractivity contribution in [2.24, 2.45) is 0 Å². The monoisotopic (exact) mass is 502 g/mol. The first kappa shape index (κ1) is 24.0. The first-order valence-electron chi connectivity index (χ1n) is 7.12. The Morgan fingerprint density at radius 3 is 2.46 bits per heavy atom. The van der Waals surface area contributed by atoms with Crippen molar-refractivity contribution >= 4 is 47.3 Å². The number of halogens is 1. The summed E-state index contributed by atoms with van der Waals surface area (Å²) in [4.78, 5) is 49.6. The Bertz CT molecular complexity index is 989. The first-order valence-corrected chi connectivity index (χ1v) is 12.4. The van der Waals surface area contributed by atoms with Crippen LogP contribution in [0.5, 0.6) is 0 Å². The van der Waals surface area contributed by atoms with E-state index in [9.17, 15) is 23.4 Å². The Kier molecular flexibility index (Phi) is 7.61. The average Bonchev–Trinajstić information content (AvgIpc) is 2.94. The van der Waals surface area contributed by atoms with Gasteiger partial charge >= 0.3 is 29.2 Å². The van der Waals surface area contributed by atoms with Gasteiger partial charge in [0.1, 0.15) is 10.9 Å². The molecule has 2 rings (SSSR count). The number of rotatable bonds is 8. The zero-order valence-corrected chi connectivity index (χ0v) is 17.7. The van der Waals surface area contributed by atoms with E-state index in [1.54, 1.807) is 0 Å². The number of hydrogen-bond acceptors (Lipinski definition) is 9. The number of hydrogen-bond donors (Lipinski definition) is 5. The van der Waals surface area contributed by atoms with E-state index < -0.39 is 48.1 Å². The number of ether oxygens (including phenoxy) is 1. The molecule has 2 heterocycles. The summed E-state index contributed by atoms with van der Waals surface area (Å²) < 4.78 is 51.8. The van der Waals surface area contributed by atoms with Crippen molar-refractivity contribution in [3.05, 3.63) is 26.3 Å². The molecule has 0 bridgehead atoms. The Labute approximate surface area is 166 Å². The number of nitrogens with zero attached hydrogens (tertiary/aromatic N) is 1. The van der Waals surface area contributed by atoms with Gasteiger partial charge in [-0.2, -0.15) is 8.62 Å². The van der Waals surface area contributed by atoms with Crippen LogP contribution < -0.4 is 5.69 Å². The van der Waals surface area contributed by atoms with E-state index in [1.165, 1.54) is 6.20 Å². The van der Waals surface area contributed by atoms with Crippen LogP contribution in [-0.2, 0) is 31.6 Å². The van der Waals surface area contributed by atoms with E-state index >= 15 is 0 Å². The summed E-state index contributed by atoms with van der Waals surface area (Å²) in [6.07, 6.45) is 0.221. The van der Waals surface area contributed by atoms with Gasteiger partial charge in [0.25, 0.3) is 0 Å². The van der Waals surface area contributed by atoms with E-state index in [1.807, 2.05) is 0 Å². The third-order valence-corrected chi connectivity index (χ3v) is 7.68. The van der Waals surface area contributed by atoms with Gasteiger partial charge in [0.2, 0.25) is 0 Å². The topological polar surface area (TPSA) is 207 Å². The van der Waals surface area contributed by atoms with Crippen LogP contribution in [-0.4, -0.2) is 41.8 Å². The lowest BCUT2D eigenvalue weighted by Crippen LogP contribution is -2.27.